The van der Waals surface area contributed by atoms with Crippen LogP contribution >= 0.6 is 0 Å². The molecule has 11 rings (SSSR count). The Morgan fingerprint density at radius 2 is 1.06 bits per heavy atom. The zero-order valence-electron chi connectivity index (χ0n) is 67.4. The van der Waals surface area contributed by atoms with Gasteiger partial charge in [-0.25, -0.2) is 0 Å². The van der Waals surface area contributed by atoms with Gasteiger partial charge in [-0.3, -0.25) is 0 Å². The van der Waals surface area contributed by atoms with Gasteiger partial charge < -0.3 is 9.32 Å². The third-order valence-corrected chi connectivity index (χ3v) is 13.1. The van der Waals surface area contributed by atoms with E-state index in [2.05, 4.69) is 0 Å². The summed E-state index contributed by atoms with van der Waals surface area (Å²) in [4.78, 5) is 0.796. The Morgan fingerprint density at radius 1 is 0.424 bits per heavy atom. The summed E-state index contributed by atoms with van der Waals surface area (Å²) < 4.78 is 285. The molecule has 66 heavy (non-hydrogen) atoms. The average molecular weight is 886 g/mol. The highest BCUT2D eigenvalue weighted by Crippen LogP contribution is 2.54. The van der Waals surface area contributed by atoms with Crippen molar-refractivity contribution in [3.8, 4) is 44.5 Å². The molecule has 1 heterocycles. The van der Waals surface area contributed by atoms with Gasteiger partial charge in [-0.15, -0.1) is 0 Å². The van der Waals surface area contributed by atoms with Gasteiger partial charge in [-0.05, 0) is 192 Å². The third kappa shape index (κ3) is 6.00. The number of aryl methyl sites for hydroxylation is 4. The van der Waals surface area contributed by atoms with E-state index in [1.165, 1.54) is 27.7 Å². The van der Waals surface area contributed by atoms with Crippen LogP contribution in [0.15, 0.2) is 149 Å². The number of nitrogens with zero attached hydrogens (tertiary/aromatic N) is 1. The van der Waals surface area contributed by atoms with Crippen molar-refractivity contribution < 1.29 is 45.5 Å². The second kappa shape index (κ2) is 15.2. The predicted octanol–water partition coefficient (Wildman–Crippen LogP) is 18.3. The van der Waals surface area contributed by atoms with Gasteiger partial charge in [-0.1, -0.05) is 135 Å². The van der Waals surface area contributed by atoms with E-state index in [1.54, 1.807) is 34.6 Å². The van der Waals surface area contributed by atoms with Crippen LogP contribution in [0.5, 0.6) is 0 Å². The highest BCUT2D eigenvalue weighted by Gasteiger charge is 2.36. The van der Waals surface area contributed by atoms with Crippen LogP contribution in [0.2, 0.25) is 0 Å². The number of benzene rings is 9. The molecule has 0 fully saturated rings. The van der Waals surface area contributed by atoms with Crippen molar-refractivity contribution in [3.05, 3.63) is 206 Å². The summed E-state index contributed by atoms with van der Waals surface area (Å²) in [7, 11) is 0. The highest BCUT2D eigenvalue weighted by molar-refractivity contribution is 6.24. The fourth-order valence-electron chi connectivity index (χ4n) is 9.47. The number of anilines is 3. The summed E-state index contributed by atoms with van der Waals surface area (Å²) in [6.45, 7) is 6.46. The number of hydrogen-bond donors (Lipinski definition) is 0. The topological polar surface area (TPSA) is 16.4 Å². The van der Waals surface area contributed by atoms with Gasteiger partial charge in [0.2, 0.25) is 0 Å². The first kappa shape index (κ1) is 20.1. The molecule has 2 heteroatoms. The first-order valence-corrected chi connectivity index (χ1v) is 21.1. The number of fused-ring (bicyclic) bond motifs is 8. The molecule has 2 nitrogen and oxygen atoms in total. The average Bonchev–Trinajstić information content (AvgIpc) is 1.48. The van der Waals surface area contributed by atoms with Crippen molar-refractivity contribution in [1.82, 2.24) is 0 Å². The Bertz CT molecular complexity index is 5200. The predicted molar refractivity (Wildman–Crippen MR) is 282 cm³/mol. The van der Waals surface area contributed by atoms with Crippen LogP contribution in [0.1, 0.15) is 116 Å². The maximum Gasteiger partial charge on any atom is 0.143 e. The molecule has 0 radical (unpaired) electrons. The fourth-order valence-corrected chi connectivity index (χ4v) is 9.47. The molecular weight excluding hydrogens is 799 g/mol. The molecule has 1 aliphatic rings. The molecule has 0 unspecified atom stereocenters. The molecule has 0 amide bonds. The Morgan fingerprint density at radius 3 is 1.83 bits per heavy atom. The van der Waals surface area contributed by atoms with E-state index >= 15 is 0 Å². The number of hydrogen-bond acceptors (Lipinski definition) is 2. The van der Waals surface area contributed by atoms with E-state index in [0.717, 1.165) is 4.90 Å². The second-order valence-corrected chi connectivity index (χ2v) is 16.8. The highest BCUT2D eigenvalue weighted by atomic mass is 16.3. The lowest BCUT2D eigenvalue weighted by Crippen LogP contribution is -2.17. The van der Waals surface area contributed by atoms with E-state index in [4.69, 9.17) is 25.0 Å². The Kier molecular flexibility index (Phi) is 4.64. The summed E-state index contributed by atoms with van der Waals surface area (Å²) in [5.74, 6) is 0. The molecule has 0 aliphatic heterocycles. The van der Waals surface area contributed by atoms with Gasteiger partial charge >= 0.3 is 0 Å². The molecule has 0 N–H and O–H groups in total. The lowest BCUT2D eigenvalue weighted by molar-refractivity contribution is 0.660. The number of rotatable bonds is 6. The molecule has 1 aromatic heterocycles. The summed E-state index contributed by atoms with van der Waals surface area (Å²) >= 11 is 0. The molecular formula is C64H57NO. The van der Waals surface area contributed by atoms with Crippen LogP contribution in [0.4, 0.5) is 17.1 Å². The lowest BCUT2D eigenvalue weighted by atomic mass is 9.82. The lowest BCUT2D eigenvalue weighted by Gasteiger charge is -2.31. The van der Waals surface area contributed by atoms with Gasteiger partial charge in [0.25, 0.3) is 0 Å². The molecule has 0 atom stereocenters. The minimum absolute atomic E-state index is 0.0397. The summed E-state index contributed by atoms with van der Waals surface area (Å²) in [5.41, 5.74) is -8.95. The molecule has 9 aromatic carbocycles. The first-order valence-electron chi connectivity index (χ1n) is 36.1. The molecule has 0 spiro atoms. The van der Waals surface area contributed by atoms with Crippen molar-refractivity contribution in [2.24, 2.45) is 0 Å². The minimum Gasteiger partial charge on any atom is -0.455 e. The van der Waals surface area contributed by atoms with Crippen LogP contribution in [0.25, 0.3) is 77.2 Å². The fraction of sp³-hybridized carbons (Fsp3) is 0.188. The van der Waals surface area contributed by atoms with Gasteiger partial charge in [-0.2, -0.15) is 0 Å². The summed E-state index contributed by atoms with van der Waals surface area (Å²) in [5, 5.41) is 0.430. The van der Waals surface area contributed by atoms with E-state index in [9.17, 15) is 20.6 Å². The van der Waals surface area contributed by atoms with Crippen LogP contribution in [0, 0.1) is 62.3 Å². The third-order valence-electron chi connectivity index (χ3n) is 13.1. The Labute approximate surface area is 432 Å². The van der Waals surface area contributed by atoms with Crippen molar-refractivity contribution in [2.75, 3.05) is 4.90 Å². The van der Waals surface area contributed by atoms with Crippen molar-refractivity contribution in [2.45, 2.75) is 81.4 Å². The Hall–Kier alpha value is -7.16. The smallest absolute Gasteiger partial charge is 0.143 e. The van der Waals surface area contributed by atoms with Crippen molar-refractivity contribution in [1.29, 1.82) is 0 Å². The second-order valence-electron chi connectivity index (χ2n) is 16.8. The van der Waals surface area contributed by atoms with Crippen LogP contribution in [-0.4, -0.2) is 0 Å². The Balaban J connectivity index is 1.39. The minimum atomic E-state index is -3.91. The zero-order valence-corrected chi connectivity index (χ0v) is 37.4. The van der Waals surface area contributed by atoms with Gasteiger partial charge in [0.1, 0.15) is 11.2 Å². The van der Waals surface area contributed by atoms with Crippen LogP contribution in [0.3, 0.4) is 0 Å². The monoisotopic (exact) mass is 886 g/mol. The van der Waals surface area contributed by atoms with Gasteiger partial charge in [0.05, 0.1) is 38.6 Å². The van der Waals surface area contributed by atoms with Crippen LogP contribution < -0.4 is 4.90 Å². The maximum absolute atomic E-state index is 10.4. The van der Waals surface area contributed by atoms with Gasteiger partial charge in [0.15, 0.2) is 0 Å². The normalized spacial score (nSPS) is 19.7. The molecule has 10 aromatic rings. The summed E-state index contributed by atoms with van der Waals surface area (Å²) in [6, 6.07) is -20.0. The standard InChI is InChI=1S/C64H57NO/c1-36-27-33-49(40(5)39(36)4)56-37(2)19-17-24-52(56)58-43(8)60-59-41(6)42(7)61(44(9)62(59)66-63(60)57-38(3)20-18-25-53(57)58)65(47-30-28-46(29-31-47)45-21-13-12-14-22-45)48-32-34-51-50-23-15-16-26-54(50)64(10,11)55(51)35-48/h12-35H,1-11H3/i10D3,11D3,12D,13D,14D,15D,16D,17D,18D,19D,20D,21D,22D,23D,24D,25D,26D,27D,28D,29D,30D,31D,32D,33D,34D,35D. The molecule has 1 aliphatic carbocycles. The van der Waals surface area contributed by atoms with Gasteiger partial charge in [0, 0.05) is 46.7 Å². The molecule has 0 saturated carbocycles. The molecule has 0 saturated heterocycles. The largest absolute Gasteiger partial charge is 0.455 e. The zero-order chi connectivity index (χ0) is 71.8. The number of furan rings is 1. The molecule has 0 bridgehead atoms. The quantitative estimate of drug-likeness (QED) is 0.165. The SMILES string of the molecule is [2H]c1c([2H])c([2H])c(-c2c([2H])c([2H])c(N(c3c([2H])c([2H])c4c(c3[2H])C(C([2H])([2H])[2H])(C([2H])([2H])[2H])c3c([2H])c([2H])c([2H])c([2H])c3-4)c3c(C)c(C)c4c(oc5c6c(C)c([2H])c([2H])c([2H])c6c(-c6c([2H])c([2H])c([2H])c(C)c6-c6c([2H])c([2H])c(C)c(C)c6C)c(C)c54)c3C)c([2H])c2[2H])c([2H])c1[2H]. The van der Waals surface area contributed by atoms with E-state index < -0.39 is 191 Å². The first-order chi connectivity index (χ1) is 44.3. The van der Waals surface area contributed by atoms with E-state index in [0.29, 0.717) is 16.7 Å². The van der Waals surface area contributed by atoms with Crippen molar-refractivity contribution >= 4 is 49.8 Å². The van der Waals surface area contributed by atoms with E-state index in [1.807, 2.05) is 0 Å². The van der Waals surface area contributed by atoms with Crippen LogP contribution in [-0.2, 0) is 5.41 Å². The van der Waals surface area contributed by atoms with E-state index in [-0.39, 0.29) is 112 Å². The van der Waals surface area contributed by atoms with Crippen molar-refractivity contribution in [3.63, 3.8) is 0 Å². The molecule has 324 valence electrons. The summed E-state index contributed by atoms with van der Waals surface area (Å²) in [6.07, 6.45) is 0. The maximum atomic E-state index is 10.4.